The zero-order valence-electron chi connectivity index (χ0n) is 17.9. The normalized spacial score (nSPS) is 31.3. The van der Waals surface area contributed by atoms with Crippen LogP contribution >= 0.6 is 0 Å². The number of carbonyl (C=O) groups is 2. The van der Waals surface area contributed by atoms with Crippen molar-refractivity contribution in [2.24, 2.45) is 5.92 Å². The Morgan fingerprint density at radius 1 is 1.30 bits per heavy atom. The number of carbonyl (C=O) groups excluding carboxylic acids is 2. The summed E-state index contributed by atoms with van der Waals surface area (Å²) in [6, 6.07) is 8.98. The van der Waals surface area contributed by atoms with E-state index in [-0.39, 0.29) is 41.9 Å². The SMILES string of the molecule is Cc1ccc2c(c1)CC[C@@H]2N1C(=O)[C@@H]2C[C@H]1CN2C[C@H](C)C(=O)N1CCC[C@H]1C#N. The molecule has 2 bridgehead atoms. The van der Waals surface area contributed by atoms with Crippen LogP contribution in [0.4, 0.5) is 0 Å². The fourth-order valence-corrected chi connectivity index (χ4v) is 6.19. The number of rotatable bonds is 4. The molecule has 0 aromatic heterocycles. The Morgan fingerprint density at radius 3 is 2.90 bits per heavy atom. The van der Waals surface area contributed by atoms with Crippen LogP contribution in [-0.4, -0.2) is 64.3 Å². The van der Waals surface area contributed by atoms with E-state index in [4.69, 9.17) is 0 Å². The summed E-state index contributed by atoms with van der Waals surface area (Å²) < 4.78 is 0. The average molecular weight is 407 g/mol. The first-order valence-corrected chi connectivity index (χ1v) is 11.3. The van der Waals surface area contributed by atoms with Gasteiger partial charge in [-0.2, -0.15) is 5.26 Å². The van der Waals surface area contributed by atoms with Gasteiger partial charge in [0.2, 0.25) is 11.8 Å². The fourth-order valence-electron chi connectivity index (χ4n) is 6.19. The van der Waals surface area contributed by atoms with E-state index in [0.717, 1.165) is 38.6 Å². The maximum absolute atomic E-state index is 13.3. The highest BCUT2D eigenvalue weighted by Crippen LogP contribution is 2.44. The second-order valence-electron chi connectivity index (χ2n) is 9.58. The van der Waals surface area contributed by atoms with Crippen LogP contribution in [0.1, 0.15) is 55.3 Å². The number of amides is 2. The highest BCUT2D eigenvalue weighted by molar-refractivity contribution is 5.86. The van der Waals surface area contributed by atoms with E-state index in [1.807, 2.05) is 6.92 Å². The molecule has 1 aromatic carbocycles. The Morgan fingerprint density at radius 2 is 2.13 bits per heavy atom. The van der Waals surface area contributed by atoms with Crippen molar-refractivity contribution in [1.82, 2.24) is 14.7 Å². The molecule has 0 spiro atoms. The van der Waals surface area contributed by atoms with E-state index >= 15 is 0 Å². The van der Waals surface area contributed by atoms with Crippen molar-refractivity contribution in [2.45, 2.75) is 70.1 Å². The predicted octanol–water partition coefficient (Wildman–Crippen LogP) is 2.42. The molecule has 0 unspecified atom stereocenters. The van der Waals surface area contributed by atoms with Crippen LogP contribution in [0, 0.1) is 24.2 Å². The zero-order valence-corrected chi connectivity index (χ0v) is 17.9. The largest absolute Gasteiger partial charge is 0.330 e. The van der Waals surface area contributed by atoms with Crippen LogP contribution in [0.5, 0.6) is 0 Å². The first kappa shape index (κ1) is 19.6. The highest BCUT2D eigenvalue weighted by Gasteiger charge is 2.53. The van der Waals surface area contributed by atoms with Crippen molar-refractivity contribution < 1.29 is 9.59 Å². The lowest BCUT2D eigenvalue weighted by Crippen LogP contribution is -2.53. The first-order chi connectivity index (χ1) is 14.5. The molecule has 5 rings (SSSR count). The van der Waals surface area contributed by atoms with Crippen LogP contribution in [0.2, 0.25) is 0 Å². The molecule has 158 valence electrons. The summed E-state index contributed by atoms with van der Waals surface area (Å²) in [5.41, 5.74) is 4.00. The van der Waals surface area contributed by atoms with Gasteiger partial charge in [0.1, 0.15) is 6.04 Å². The van der Waals surface area contributed by atoms with Gasteiger partial charge in [0.05, 0.1) is 18.2 Å². The van der Waals surface area contributed by atoms with E-state index in [1.54, 1.807) is 4.90 Å². The molecule has 1 aliphatic carbocycles. The number of benzene rings is 1. The molecule has 3 aliphatic heterocycles. The third kappa shape index (κ3) is 3.02. The quantitative estimate of drug-likeness (QED) is 0.770. The molecule has 3 heterocycles. The first-order valence-electron chi connectivity index (χ1n) is 11.3. The molecule has 6 heteroatoms. The minimum atomic E-state index is -0.279. The summed E-state index contributed by atoms with van der Waals surface area (Å²) in [4.78, 5) is 32.3. The molecule has 5 atom stereocenters. The number of hydrogen-bond donors (Lipinski definition) is 0. The van der Waals surface area contributed by atoms with Gasteiger partial charge in [-0.05, 0) is 50.2 Å². The molecule has 6 nitrogen and oxygen atoms in total. The Bertz CT molecular complexity index is 922. The third-order valence-corrected chi connectivity index (χ3v) is 7.61. The monoisotopic (exact) mass is 406 g/mol. The number of nitrogens with zero attached hydrogens (tertiary/aromatic N) is 4. The van der Waals surface area contributed by atoms with Crippen molar-refractivity contribution in [3.8, 4) is 6.07 Å². The molecule has 3 fully saturated rings. The third-order valence-electron chi connectivity index (χ3n) is 7.61. The lowest BCUT2D eigenvalue weighted by molar-refractivity contribution is -0.142. The molecule has 0 N–H and O–H groups in total. The van der Waals surface area contributed by atoms with Crippen molar-refractivity contribution in [3.05, 3.63) is 34.9 Å². The summed E-state index contributed by atoms with van der Waals surface area (Å²) in [5.74, 6) is 0.112. The van der Waals surface area contributed by atoms with Gasteiger partial charge in [-0.15, -0.1) is 0 Å². The summed E-state index contributed by atoms with van der Waals surface area (Å²) in [5, 5.41) is 9.29. The molecule has 0 radical (unpaired) electrons. The molecule has 0 saturated carbocycles. The molecule has 30 heavy (non-hydrogen) atoms. The van der Waals surface area contributed by atoms with Gasteiger partial charge in [0.15, 0.2) is 0 Å². The number of fused-ring (bicyclic) bond motifs is 3. The number of nitriles is 1. The van der Waals surface area contributed by atoms with Crippen LogP contribution in [0.15, 0.2) is 18.2 Å². The second kappa shape index (κ2) is 7.39. The van der Waals surface area contributed by atoms with Gasteiger partial charge in [0, 0.05) is 31.6 Å². The highest BCUT2D eigenvalue weighted by atomic mass is 16.2. The van der Waals surface area contributed by atoms with E-state index in [2.05, 4.69) is 41.0 Å². The van der Waals surface area contributed by atoms with Gasteiger partial charge in [-0.3, -0.25) is 14.5 Å². The lowest BCUT2D eigenvalue weighted by atomic mass is 10.0. The predicted molar refractivity (Wildman–Crippen MR) is 112 cm³/mol. The molecule has 1 aromatic rings. The van der Waals surface area contributed by atoms with Crippen LogP contribution in [0.3, 0.4) is 0 Å². The second-order valence-corrected chi connectivity index (χ2v) is 9.58. The van der Waals surface area contributed by atoms with E-state index in [1.165, 1.54) is 16.7 Å². The van der Waals surface area contributed by atoms with Crippen LogP contribution in [-0.2, 0) is 16.0 Å². The smallest absolute Gasteiger partial charge is 0.240 e. The van der Waals surface area contributed by atoms with Crippen molar-refractivity contribution in [1.29, 1.82) is 5.26 Å². The summed E-state index contributed by atoms with van der Waals surface area (Å²) in [6.45, 7) is 6.21. The minimum absolute atomic E-state index is 0.0613. The van der Waals surface area contributed by atoms with E-state index in [0.29, 0.717) is 13.1 Å². The van der Waals surface area contributed by atoms with Crippen LogP contribution < -0.4 is 0 Å². The summed E-state index contributed by atoms with van der Waals surface area (Å²) in [7, 11) is 0. The van der Waals surface area contributed by atoms with Crippen molar-refractivity contribution >= 4 is 11.8 Å². The minimum Gasteiger partial charge on any atom is -0.330 e. The number of aryl methyl sites for hydroxylation is 2. The Labute approximate surface area is 178 Å². The Hall–Kier alpha value is -2.39. The maximum Gasteiger partial charge on any atom is 0.240 e. The van der Waals surface area contributed by atoms with Gasteiger partial charge >= 0.3 is 0 Å². The van der Waals surface area contributed by atoms with Gasteiger partial charge < -0.3 is 9.80 Å². The fraction of sp³-hybridized carbons (Fsp3) is 0.625. The molecule has 2 amide bonds. The maximum atomic E-state index is 13.3. The topological polar surface area (TPSA) is 67.7 Å². The number of likely N-dealkylation sites (tertiary alicyclic amines) is 3. The molecule has 3 saturated heterocycles. The number of hydrogen-bond acceptors (Lipinski definition) is 4. The zero-order chi connectivity index (χ0) is 21.0. The van der Waals surface area contributed by atoms with E-state index in [9.17, 15) is 14.9 Å². The Balaban J connectivity index is 1.25. The Kier molecular flexibility index (Phi) is 4.82. The van der Waals surface area contributed by atoms with Crippen molar-refractivity contribution in [2.75, 3.05) is 19.6 Å². The van der Waals surface area contributed by atoms with E-state index < -0.39 is 0 Å². The number of piperazine rings is 1. The molecule has 4 aliphatic rings. The standard InChI is InChI=1S/C24H30N4O2/c1-15-5-7-20-17(10-15)6-8-21(20)28-19-11-22(24(28)30)26(14-19)13-16(2)23(29)27-9-3-4-18(27)12-25/h5,7,10,16,18-19,21-22H,3-4,6,8-9,11,13-14H2,1-2H3/t16-,18-,19-,21-,22-/m0/s1. The van der Waals surface area contributed by atoms with Gasteiger partial charge in [-0.1, -0.05) is 30.7 Å². The van der Waals surface area contributed by atoms with Crippen molar-refractivity contribution in [3.63, 3.8) is 0 Å². The average Bonchev–Trinajstić information content (AvgIpc) is 3.49. The van der Waals surface area contributed by atoms with Gasteiger partial charge in [-0.25, -0.2) is 0 Å². The lowest BCUT2D eigenvalue weighted by Gasteiger charge is -2.38. The summed E-state index contributed by atoms with van der Waals surface area (Å²) >= 11 is 0. The molecular formula is C24H30N4O2. The molecular weight excluding hydrogens is 376 g/mol. The van der Waals surface area contributed by atoms with Crippen LogP contribution in [0.25, 0.3) is 0 Å². The van der Waals surface area contributed by atoms with Gasteiger partial charge in [0.25, 0.3) is 0 Å². The summed E-state index contributed by atoms with van der Waals surface area (Å²) in [6.07, 6.45) is 4.63.